The summed E-state index contributed by atoms with van der Waals surface area (Å²) in [5, 5.41) is 1.96. The molecule has 0 aliphatic carbocycles. The number of likely N-dealkylation sites (N-methyl/N-ethyl adjacent to an activating group) is 1. The molecule has 0 N–H and O–H groups in total. The Morgan fingerprint density at radius 2 is 2.20 bits per heavy atom. The van der Waals surface area contributed by atoms with Crippen molar-refractivity contribution >= 4 is 17.2 Å². The van der Waals surface area contributed by atoms with E-state index in [-0.39, 0.29) is 11.5 Å². The number of rotatable bonds is 4. The molecule has 134 valence electrons. The second-order valence-electron chi connectivity index (χ2n) is 7.12. The van der Waals surface area contributed by atoms with E-state index < -0.39 is 0 Å². The van der Waals surface area contributed by atoms with Crippen LogP contribution in [0.15, 0.2) is 40.3 Å². The molecule has 25 heavy (non-hydrogen) atoms. The summed E-state index contributed by atoms with van der Waals surface area (Å²) in [6.07, 6.45) is 4.60. The first kappa shape index (κ1) is 16.8. The van der Waals surface area contributed by atoms with Gasteiger partial charge in [-0.05, 0) is 49.9 Å². The molecule has 2 saturated heterocycles. The molecule has 0 bridgehead atoms. The predicted octanol–water partition coefficient (Wildman–Crippen LogP) is 3.24. The van der Waals surface area contributed by atoms with Crippen molar-refractivity contribution in [3.63, 3.8) is 0 Å². The van der Waals surface area contributed by atoms with Crippen LogP contribution in [-0.4, -0.2) is 54.1 Å². The minimum Gasteiger partial charge on any atom is -0.468 e. The molecule has 6 heteroatoms. The molecule has 2 aliphatic heterocycles. The number of hydrogen-bond acceptors (Lipinski definition) is 5. The first-order chi connectivity index (χ1) is 12.2. The molecule has 4 rings (SSSR count). The minimum atomic E-state index is -0.0612. The number of amides is 1. The number of hydrogen-bond donors (Lipinski definition) is 0. The fraction of sp³-hybridized carbons (Fsp3) is 0.526. The summed E-state index contributed by atoms with van der Waals surface area (Å²) in [5.41, 5.74) is -0.0612. The van der Waals surface area contributed by atoms with E-state index in [1.165, 1.54) is 11.3 Å². The van der Waals surface area contributed by atoms with Crippen molar-refractivity contribution in [2.75, 3.05) is 26.7 Å². The Kier molecular flexibility index (Phi) is 4.67. The van der Waals surface area contributed by atoms with E-state index in [9.17, 15) is 4.79 Å². The van der Waals surface area contributed by atoms with Gasteiger partial charge in [0.25, 0.3) is 5.91 Å². The van der Waals surface area contributed by atoms with Gasteiger partial charge >= 0.3 is 0 Å². The van der Waals surface area contributed by atoms with Crippen molar-refractivity contribution in [1.82, 2.24) is 9.80 Å². The van der Waals surface area contributed by atoms with Crippen LogP contribution in [0, 0.1) is 0 Å². The number of furan rings is 1. The lowest BCUT2D eigenvalue weighted by molar-refractivity contribution is -0.0392. The number of nitrogens with zero attached hydrogens (tertiary/aromatic N) is 2. The van der Waals surface area contributed by atoms with E-state index in [0.29, 0.717) is 6.04 Å². The fourth-order valence-electron chi connectivity index (χ4n) is 3.90. The minimum absolute atomic E-state index is 0.0612. The Hall–Kier alpha value is -1.63. The molecule has 2 aromatic rings. The second-order valence-corrected chi connectivity index (χ2v) is 8.06. The van der Waals surface area contributed by atoms with Gasteiger partial charge in [0.1, 0.15) is 5.76 Å². The molecular weight excluding hydrogens is 336 g/mol. The van der Waals surface area contributed by atoms with Gasteiger partial charge in [-0.15, -0.1) is 11.3 Å². The summed E-state index contributed by atoms with van der Waals surface area (Å²) in [6.45, 7) is 3.13. The maximum atomic E-state index is 12.5. The molecule has 2 aliphatic rings. The van der Waals surface area contributed by atoms with Crippen molar-refractivity contribution in [2.24, 2.45) is 0 Å². The zero-order valence-electron chi connectivity index (χ0n) is 14.5. The first-order valence-corrected chi connectivity index (χ1v) is 9.73. The van der Waals surface area contributed by atoms with Crippen LogP contribution in [-0.2, 0) is 11.3 Å². The summed E-state index contributed by atoms with van der Waals surface area (Å²) < 4.78 is 11.7. The van der Waals surface area contributed by atoms with Crippen molar-refractivity contribution in [3.8, 4) is 0 Å². The van der Waals surface area contributed by atoms with Gasteiger partial charge in [-0.1, -0.05) is 6.07 Å². The van der Waals surface area contributed by atoms with Gasteiger partial charge in [0.2, 0.25) is 0 Å². The number of carbonyl (C=O) groups is 1. The smallest absolute Gasteiger partial charge is 0.263 e. The maximum absolute atomic E-state index is 12.5. The van der Waals surface area contributed by atoms with Crippen molar-refractivity contribution < 1.29 is 13.9 Å². The highest BCUT2D eigenvalue weighted by Gasteiger charge is 2.44. The first-order valence-electron chi connectivity index (χ1n) is 8.85. The fourth-order valence-corrected chi connectivity index (χ4v) is 4.59. The summed E-state index contributed by atoms with van der Waals surface area (Å²) >= 11 is 1.52. The van der Waals surface area contributed by atoms with Crippen LogP contribution >= 0.6 is 11.3 Å². The standard InChI is InChI=1S/C19H24N2O3S/c1-20(13-16-4-2-10-23-16)15-12-19(24-14-15)6-8-21(9-7-19)18(22)17-5-3-11-25-17/h2-5,10-11,15H,6-9,12-14H2,1H3/t15-/m0/s1. The van der Waals surface area contributed by atoms with Gasteiger partial charge in [0, 0.05) is 19.1 Å². The van der Waals surface area contributed by atoms with Crippen molar-refractivity contribution in [3.05, 3.63) is 46.5 Å². The highest BCUT2D eigenvalue weighted by Crippen LogP contribution is 2.38. The highest BCUT2D eigenvalue weighted by atomic mass is 32.1. The van der Waals surface area contributed by atoms with E-state index in [4.69, 9.17) is 9.15 Å². The molecule has 2 fully saturated rings. The van der Waals surface area contributed by atoms with Crippen LogP contribution in [0.25, 0.3) is 0 Å². The third-order valence-corrected chi connectivity index (χ3v) is 6.35. The molecule has 1 atom stereocenters. The van der Waals surface area contributed by atoms with Crippen molar-refractivity contribution in [1.29, 1.82) is 0 Å². The predicted molar refractivity (Wildman–Crippen MR) is 96.7 cm³/mol. The zero-order chi connectivity index (χ0) is 17.3. The Morgan fingerprint density at radius 1 is 1.36 bits per heavy atom. The quantitative estimate of drug-likeness (QED) is 0.840. The molecular formula is C19H24N2O3S. The number of likely N-dealkylation sites (tertiary alicyclic amines) is 1. The lowest BCUT2D eigenvalue weighted by Crippen LogP contribution is -2.46. The van der Waals surface area contributed by atoms with Crippen LogP contribution in [0.3, 0.4) is 0 Å². The third kappa shape index (κ3) is 3.52. The second kappa shape index (κ2) is 6.94. The molecule has 0 radical (unpaired) electrons. The van der Waals surface area contributed by atoms with Gasteiger partial charge < -0.3 is 14.1 Å². The highest BCUT2D eigenvalue weighted by molar-refractivity contribution is 7.12. The van der Waals surface area contributed by atoms with Gasteiger partial charge in [-0.25, -0.2) is 0 Å². The van der Waals surface area contributed by atoms with E-state index in [1.54, 1.807) is 6.26 Å². The number of piperidine rings is 1. The molecule has 1 amide bonds. The summed E-state index contributed by atoms with van der Waals surface area (Å²) in [5.74, 6) is 1.15. The van der Waals surface area contributed by atoms with E-state index in [0.717, 1.165) is 56.1 Å². The topological polar surface area (TPSA) is 45.9 Å². The Morgan fingerprint density at radius 3 is 2.88 bits per heavy atom. The van der Waals surface area contributed by atoms with Gasteiger partial charge in [0.05, 0.1) is 29.9 Å². The van der Waals surface area contributed by atoms with Crippen LogP contribution < -0.4 is 0 Å². The average Bonchev–Trinajstić information content (AvgIpc) is 3.37. The van der Waals surface area contributed by atoms with E-state index in [1.807, 2.05) is 34.5 Å². The lowest BCUT2D eigenvalue weighted by atomic mass is 9.87. The van der Waals surface area contributed by atoms with Gasteiger partial charge in [0.15, 0.2) is 0 Å². The Balaban J connectivity index is 1.32. The van der Waals surface area contributed by atoms with E-state index >= 15 is 0 Å². The van der Waals surface area contributed by atoms with Crippen LogP contribution in [0.4, 0.5) is 0 Å². The van der Waals surface area contributed by atoms with Crippen LogP contribution in [0.5, 0.6) is 0 Å². The molecule has 1 spiro atoms. The largest absolute Gasteiger partial charge is 0.468 e. The average molecular weight is 360 g/mol. The van der Waals surface area contributed by atoms with Gasteiger partial charge in [-0.3, -0.25) is 9.69 Å². The summed E-state index contributed by atoms with van der Waals surface area (Å²) in [4.78, 5) is 17.6. The number of thiophene rings is 1. The van der Waals surface area contributed by atoms with E-state index in [2.05, 4.69) is 11.9 Å². The molecule has 0 unspecified atom stereocenters. The Bertz CT molecular complexity index is 690. The third-order valence-electron chi connectivity index (χ3n) is 5.49. The number of carbonyl (C=O) groups excluding carboxylic acids is 1. The lowest BCUT2D eigenvalue weighted by Gasteiger charge is -2.38. The SMILES string of the molecule is CN(Cc1ccco1)[C@@H]1COC2(CCN(C(=O)c3cccs3)CC2)C1. The molecule has 0 saturated carbocycles. The van der Waals surface area contributed by atoms with Gasteiger partial charge in [-0.2, -0.15) is 0 Å². The van der Waals surface area contributed by atoms with Crippen LogP contribution in [0.1, 0.15) is 34.7 Å². The summed E-state index contributed by atoms with van der Waals surface area (Å²) in [6, 6.07) is 8.18. The van der Waals surface area contributed by atoms with Crippen LogP contribution in [0.2, 0.25) is 0 Å². The molecule has 0 aromatic carbocycles. The molecule has 2 aromatic heterocycles. The number of ether oxygens (including phenoxy) is 1. The van der Waals surface area contributed by atoms with Crippen molar-refractivity contribution in [2.45, 2.75) is 37.5 Å². The Labute approximate surface area is 152 Å². The summed E-state index contributed by atoms with van der Waals surface area (Å²) in [7, 11) is 2.13. The zero-order valence-corrected chi connectivity index (χ0v) is 15.3. The maximum Gasteiger partial charge on any atom is 0.263 e. The molecule has 5 nitrogen and oxygen atoms in total. The monoisotopic (exact) mass is 360 g/mol. The normalized spacial score (nSPS) is 22.8. The molecule has 4 heterocycles.